The van der Waals surface area contributed by atoms with Gasteiger partial charge in [-0.25, -0.2) is 0 Å². The van der Waals surface area contributed by atoms with E-state index < -0.39 is 21.5 Å². The van der Waals surface area contributed by atoms with Crippen LogP contribution >= 0.6 is 0 Å². The molecule has 0 aliphatic rings. The maximum absolute atomic E-state index is 12.2. The van der Waals surface area contributed by atoms with Gasteiger partial charge in [0.05, 0.1) is 0 Å². The lowest BCUT2D eigenvalue weighted by atomic mass is 10.2. The molecule has 0 rings (SSSR count). The maximum Gasteiger partial charge on any atom is 0.534 e. The Bertz CT molecular complexity index is 543. The highest BCUT2D eigenvalue weighted by molar-refractivity contribution is 7.88. The van der Waals surface area contributed by atoms with Gasteiger partial charge in [-0.1, -0.05) is 37.6 Å². The minimum Gasteiger partial charge on any atom is -0.356 e. The van der Waals surface area contributed by atoms with Gasteiger partial charge in [0.1, 0.15) is 0 Å². The molecule has 0 aliphatic carbocycles. The summed E-state index contributed by atoms with van der Waals surface area (Å²) < 4.78 is 62.2. The third-order valence-corrected chi connectivity index (χ3v) is 3.07. The van der Waals surface area contributed by atoms with Gasteiger partial charge in [0.15, 0.2) is 0 Å². The molecular weight excluding hydrogens is 307 g/mol. The topological polar surface area (TPSA) is 55.7 Å². The molecule has 0 aromatic heterocycles. The van der Waals surface area contributed by atoms with Crippen molar-refractivity contribution < 1.29 is 25.8 Å². The van der Waals surface area contributed by atoms with E-state index in [1.807, 2.05) is 13.0 Å². The average Bonchev–Trinajstić information content (AvgIpc) is 2.36. The first-order chi connectivity index (χ1) is 9.64. The Morgan fingerprint density at radius 2 is 1.90 bits per heavy atom. The van der Waals surface area contributed by atoms with Crippen LogP contribution in [0.25, 0.3) is 0 Å². The minimum atomic E-state index is -5.70. The van der Waals surface area contributed by atoms with E-state index in [1.165, 1.54) is 0 Å². The smallest absolute Gasteiger partial charge is 0.356 e. The lowest BCUT2D eigenvalue weighted by molar-refractivity contribution is -0.0504. The Morgan fingerprint density at radius 1 is 1.29 bits per heavy atom. The van der Waals surface area contributed by atoms with Gasteiger partial charge < -0.3 is 4.18 Å². The van der Waals surface area contributed by atoms with Gasteiger partial charge in [0.2, 0.25) is 5.90 Å². The summed E-state index contributed by atoms with van der Waals surface area (Å²) in [6.45, 7) is 3.61. The molecule has 0 aliphatic heterocycles. The molecule has 0 unspecified atom stereocenters. The molecule has 0 saturated carbocycles. The number of alkyl halides is 3. The lowest BCUT2D eigenvalue weighted by Crippen LogP contribution is -2.27. The van der Waals surface area contributed by atoms with Crippen molar-refractivity contribution >= 4 is 16.0 Å². The Kier molecular flexibility index (Phi) is 8.01. The molecule has 0 radical (unpaired) electrons. The fraction of sp³-hybridized carbons (Fsp3) is 0.462. The molecule has 0 spiro atoms. The van der Waals surface area contributed by atoms with Gasteiger partial charge in [0, 0.05) is 13.1 Å². The quantitative estimate of drug-likeness (QED) is 0.246. The van der Waals surface area contributed by atoms with Crippen molar-refractivity contribution in [2.24, 2.45) is 4.99 Å². The molecule has 0 amide bonds. The van der Waals surface area contributed by atoms with Crippen molar-refractivity contribution in [3.05, 3.63) is 36.0 Å². The van der Waals surface area contributed by atoms with Crippen molar-refractivity contribution in [1.82, 2.24) is 0 Å². The summed E-state index contributed by atoms with van der Waals surface area (Å²) in [7, 11) is -4.57. The predicted molar refractivity (Wildman–Crippen MR) is 76.4 cm³/mol. The maximum atomic E-state index is 12.2. The Morgan fingerprint density at radius 3 is 2.38 bits per heavy atom. The average molecular weight is 325 g/mol. The third-order valence-electron chi connectivity index (χ3n) is 2.11. The second kappa shape index (κ2) is 8.66. The zero-order valence-electron chi connectivity index (χ0n) is 12.0. The monoisotopic (exact) mass is 325 g/mol. The van der Waals surface area contributed by atoms with Gasteiger partial charge in [-0.3, -0.25) is 4.99 Å². The number of aliphatic imine (C=N–C) groups is 1. The van der Waals surface area contributed by atoms with E-state index in [0.717, 1.165) is 26.0 Å². The second-order valence-corrected chi connectivity index (χ2v) is 5.55. The lowest BCUT2D eigenvalue weighted by Gasteiger charge is -2.08. The number of hydrogen-bond donors (Lipinski definition) is 0. The molecule has 0 atom stereocenters. The van der Waals surface area contributed by atoms with E-state index in [2.05, 4.69) is 9.18 Å². The molecular formula is C13H18F3NO3S. The van der Waals surface area contributed by atoms with Crippen LogP contribution < -0.4 is 0 Å². The molecule has 0 bridgehead atoms. The first-order valence-corrected chi connectivity index (χ1v) is 7.54. The molecule has 4 nitrogen and oxygen atoms in total. The summed E-state index contributed by atoms with van der Waals surface area (Å²) in [5.74, 6) is -0.632. The fourth-order valence-corrected chi connectivity index (χ4v) is 1.52. The van der Waals surface area contributed by atoms with Crippen LogP contribution in [0.2, 0.25) is 0 Å². The molecule has 0 heterocycles. The standard InChI is InChI=1S/C13H18F3NO3S/c1-4-5-6-7-8-9-11(2)10-12(17-3)20-21(18,19)13(14,15)16/h6-10H,4-5H2,1-3H3/b7-6-,9-8-,11-10+,17-12+. The van der Waals surface area contributed by atoms with Crippen LogP contribution in [0, 0.1) is 0 Å². The highest BCUT2D eigenvalue weighted by Gasteiger charge is 2.48. The van der Waals surface area contributed by atoms with E-state index in [1.54, 1.807) is 25.2 Å². The number of hydrogen-bond acceptors (Lipinski definition) is 4. The highest BCUT2D eigenvalue weighted by Crippen LogP contribution is 2.25. The second-order valence-electron chi connectivity index (χ2n) is 4.01. The number of rotatable bonds is 6. The minimum absolute atomic E-state index is 0.495. The summed E-state index contributed by atoms with van der Waals surface area (Å²) >= 11 is 0. The fourth-order valence-electron chi connectivity index (χ4n) is 1.08. The largest absolute Gasteiger partial charge is 0.534 e. The van der Waals surface area contributed by atoms with Crippen LogP contribution in [0.3, 0.4) is 0 Å². The van der Waals surface area contributed by atoms with Crippen LogP contribution in [0.5, 0.6) is 0 Å². The number of allylic oxidation sites excluding steroid dienone is 5. The predicted octanol–water partition coefficient (Wildman–Crippen LogP) is 3.74. The van der Waals surface area contributed by atoms with Crippen LogP contribution in [0.4, 0.5) is 13.2 Å². The Balaban J connectivity index is 4.89. The summed E-state index contributed by atoms with van der Waals surface area (Å²) in [5, 5.41) is 0. The van der Waals surface area contributed by atoms with Crippen molar-refractivity contribution in [2.45, 2.75) is 32.2 Å². The molecule has 0 saturated heterocycles. The van der Waals surface area contributed by atoms with Crippen LogP contribution in [0.15, 0.2) is 40.9 Å². The summed E-state index contributed by atoms with van der Waals surface area (Å²) in [6.07, 6.45) is 10.0. The van der Waals surface area contributed by atoms with Crippen LogP contribution in [0.1, 0.15) is 26.7 Å². The van der Waals surface area contributed by atoms with E-state index in [0.29, 0.717) is 5.57 Å². The molecule has 0 aromatic rings. The normalized spacial score (nSPS) is 15.1. The summed E-state index contributed by atoms with van der Waals surface area (Å²) in [5.41, 5.74) is -4.99. The molecule has 0 fully saturated rings. The van der Waals surface area contributed by atoms with Crippen molar-refractivity contribution in [3.63, 3.8) is 0 Å². The van der Waals surface area contributed by atoms with Gasteiger partial charge in [0.25, 0.3) is 0 Å². The molecule has 8 heteroatoms. The van der Waals surface area contributed by atoms with E-state index in [9.17, 15) is 21.6 Å². The van der Waals surface area contributed by atoms with Crippen LogP contribution in [-0.2, 0) is 14.3 Å². The van der Waals surface area contributed by atoms with Gasteiger partial charge >= 0.3 is 15.6 Å². The first kappa shape index (κ1) is 19.4. The van der Waals surface area contributed by atoms with Crippen molar-refractivity contribution in [2.75, 3.05) is 7.05 Å². The summed E-state index contributed by atoms with van der Waals surface area (Å²) in [6, 6.07) is 0. The molecule has 21 heavy (non-hydrogen) atoms. The number of nitrogens with zero attached hydrogens (tertiary/aromatic N) is 1. The van der Waals surface area contributed by atoms with Crippen molar-refractivity contribution in [1.29, 1.82) is 0 Å². The Hall–Kier alpha value is -1.57. The van der Waals surface area contributed by atoms with Crippen molar-refractivity contribution in [3.8, 4) is 0 Å². The first-order valence-electron chi connectivity index (χ1n) is 6.13. The zero-order chi connectivity index (χ0) is 16.5. The molecule has 0 N–H and O–H groups in total. The van der Waals surface area contributed by atoms with Gasteiger partial charge in [-0.05, 0) is 18.9 Å². The Labute approximate surface area is 122 Å². The number of unbranched alkanes of at least 4 members (excludes halogenated alkanes) is 1. The van der Waals surface area contributed by atoms with Crippen LogP contribution in [-0.4, -0.2) is 26.9 Å². The number of halogens is 3. The van der Waals surface area contributed by atoms with Gasteiger partial charge in [-0.15, -0.1) is 0 Å². The molecule has 120 valence electrons. The van der Waals surface area contributed by atoms with Gasteiger partial charge in [-0.2, -0.15) is 21.6 Å². The molecule has 0 aromatic carbocycles. The van der Waals surface area contributed by atoms with E-state index in [-0.39, 0.29) is 0 Å². The highest BCUT2D eigenvalue weighted by atomic mass is 32.2. The zero-order valence-corrected chi connectivity index (χ0v) is 12.8. The summed E-state index contributed by atoms with van der Waals surface area (Å²) in [4.78, 5) is 3.37. The SMILES string of the molecule is CCC\C=C/C=C\C(C)=C\C(=N/C)OS(=O)(=O)C(F)(F)F. The van der Waals surface area contributed by atoms with E-state index in [4.69, 9.17) is 0 Å². The van der Waals surface area contributed by atoms with E-state index >= 15 is 0 Å². The third kappa shape index (κ3) is 7.69.